The number of anilines is 1. The van der Waals surface area contributed by atoms with Gasteiger partial charge in [0.1, 0.15) is 5.82 Å². The predicted octanol–water partition coefficient (Wildman–Crippen LogP) is 2.70. The van der Waals surface area contributed by atoms with Gasteiger partial charge in [-0.05, 0) is 31.5 Å². The second-order valence-electron chi connectivity index (χ2n) is 5.44. The Labute approximate surface area is 164 Å². The third-order valence-corrected chi connectivity index (χ3v) is 4.44. The summed E-state index contributed by atoms with van der Waals surface area (Å²) in [5.74, 6) is 1.72. The lowest BCUT2D eigenvalue weighted by Crippen LogP contribution is -2.36. The van der Waals surface area contributed by atoms with Gasteiger partial charge in [0.05, 0.1) is 17.2 Å². The van der Waals surface area contributed by atoms with Crippen molar-refractivity contribution in [1.29, 1.82) is 0 Å². The molecule has 2 aromatic rings. The summed E-state index contributed by atoms with van der Waals surface area (Å²) in [4.78, 5) is 16.3. The molecule has 2 N–H and O–H groups in total. The summed E-state index contributed by atoms with van der Waals surface area (Å²) in [6.45, 7) is 5.50. The van der Waals surface area contributed by atoms with Crippen molar-refractivity contribution in [3.05, 3.63) is 39.5 Å². The fourth-order valence-corrected chi connectivity index (χ4v) is 3.00. The topological polar surface area (TPSA) is 65.4 Å². The van der Waals surface area contributed by atoms with Crippen LogP contribution in [-0.2, 0) is 13.1 Å². The van der Waals surface area contributed by atoms with E-state index in [9.17, 15) is 0 Å². The van der Waals surface area contributed by atoms with Gasteiger partial charge in [0.25, 0.3) is 0 Å². The van der Waals surface area contributed by atoms with E-state index in [-0.39, 0.29) is 24.0 Å². The number of hydrogen-bond donors (Lipinski definition) is 2. The number of aliphatic imine (C=N–C) groups is 1. The molecule has 0 aliphatic rings. The fraction of sp³-hybridized carbons (Fsp3) is 0.438. The van der Waals surface area contributed by atoms with E-state index in [0.717, 1.165) is 34.6 Å². The van der Waals surface area contributed by atoms with Crippen LogP contribution in [0.5, 0.6) is 0 Å². The lowest BCUT2D eigenvalue weighted by atomic mass is 10.2. The zero-order valence-corrected chi connectivity index (χ0v) is 17.9. The molecule has 0 atom stereocenters. The second-order valence-corrected chi connectivity index (χ2v) is 6.73. The van der Waals surface area contributed by atoms with Crippen LogP contribution in [0, 0.1) is 13.8 Å². The quantitative estimate of drug-likeness (QED) is 0.408. The first-order valence-electron chi connectivity index (χ1n) is 7.49. The highest BCUT2D eigenvalue weighted by atomic mass is 127. The normalized spacial score (nSPS) is 11.0. The van der Waals surface area contributed by atoms with E-state index in [4.69, 9.17) is 0 Å². The molecule has 2 heterocycles. The van der Waals surface area contributed by atoms with Gasteiger partial charge in [-0.1, -0.05) is 0 Å². The maximum atomic E-state index is 4.44. The summed E-state index contributed by atoms with van der Waals surface area (Å²) in [5.41, 5.74) is 2.25. The highest BCUT2D eigenvalue weighted by Gasteiger charge is 2.06. The molecule has 0 spiro atoms. The Morgan fingerprint density at radius 2 is 1.96 bits per heavy atom. The van der Waals surface area contributed by atoms with Gasteiger partial charge in [0, 0.05) is 38.8 Å². The number of rotatable bonds is 5. The van der Waals surface area contributed by atoms with Crippen LogP contribution in [0.15, 0.2) is 23.3 Å². The van der Waals surface area contributed by atoms with E-state index in [2.05, 4.69) is 31.7 Å². The Morgan fingerprint density at radius 1 is 1.25 bits per heavy atom. The largest absolute Gasteiger partial charge is 0.363 e. The Balaban J connectivity index is 0.00000288. The molecule has 0 aromatic carbocycles. The van der Waals surface area contributed by atoms with E-state index in [1.165, 1.54) is 4.88 Å². The molecule has 2 rings (SSSR count). The van der Waals surface area contributed by atoms with Gasteiger partial charge in [0.2, 0.25) is 0 Å². The van der Waals surface area contributed by atoms with Gasteiger partial charge in [-0.3, -0.25) is 4.99 Å². The number of guanidine groups is 1. The average Bonchev–Trinajstić information content (AvgIpc) is 2.85. The zero-order valence-electron chi connectivity index (χ0n) is 14.8. The van der Waals surface area contributed by atoms with E-state index in [0.29, 0.717) is 6.54 Å². The van der Waals surface area contributed by atoms with Crippen LogP contribution in [0.4, 0.5) is 5.82 Å². The molecule has 0 radical (unpaired) electrons. The van der Waals surface area contributed by atoms with Crippen LogP contribution >= 0.6 is 35.3 Å². The Bertz CT molecular complexity index is 683. The van der Waals surface area contributed by atoms with Crippen LogP contribution < -0.4 is 15.5 Å². The van der Waals surface area contributed by atoms with Gasteiger partial charge in [-0.25, -0.2) is 9.97 Å². The van der Waals surface area contributed by atoms with Crippen molar-refractivity contribution < 1.29 is 0 Å². The molecule has 2 aromatic heterocycles. The molecule has 0 saturated carbocycles. The SMILES string of the molecule is CN=C(NCc1ccnc(N(C)C)c1)NCc1sc(C)nc1C.I. The van der Waals surface area contributed by atoms with Crippen molar-refractivity contribution >= 4 is 47.1 Å². The molecule has 0 unspecified atom stereocenters. The van der Waals surface area contributed by atoms with Gasteiger partial charge in [-0.15, -0.1) is 35.3 Å². The maximum Gasteiger partial charge on any atom is 0.191 e. The lowest BCUT2D eigenvalue weighted by molar-refractivity contribution is 0.810. The van der Waals surface area contributed by atoms with Gasteiger partial charge in [0.15, 0.2) is 5.96 Å². The minimum absolute atomic E-state index is 0. The summed E-state index contributed by atoms with van der Waals surface area (Å²) in [6, 6.07) is 4.07. The maximum absolute atomic E-state index is 4.44. The molecule has 0 fully saturated rings. The number of nitrogens with zero attached hydrogens (tertiary/aromatic N) is 4. The molecule has 0 amide bonds. The summed E-state index contributed by atoms with van der Waals surface area (Å²) in [6.07, 6.45) is 1.83. The van der Waals surface area contributed by atoms with Crippen molar-refractivity contribution in [2.45, 2.75) is 26.9 Å². The fourth-order valence-electron chi connectivity index (χ4n) is 2.12. The van der Waals surface area contributed by atoms with Crippen LogP contribution in [-0.4, -0.2) is 37.1 Å². The molecule has 0 saturated heterocycles. The van der Waals surface area contributed by atoms with E-state index in [1.54, 1.807) is 18.4 Å². The number of halogens is 1. The van der Waals surface area contributed by atoms with Crippen molar-refractivity contribution in [2.24, 2.45) is 4.99 Å². The smallest absolute Gasteiger partial charge is 0.191 e. The highest BCUT2D eigenvalue weighted by Crippen LogP contribution is 2.16. The standard InChI is InChI=1S/C16H24N6S.HI/c1-11-14(23-12(2)21-11)10-20-16(17-3)19-9-13-6-7-18-15(8-13)22(4)5;/h6-8H,9-10H2,1-5H3,(H2,17,19,20);1H. The number of pyridine rings is 1. The Hall–Kier alpha value is -1.42. The Morgan fingerprint density at radius 3 is 2.54 bits per heavy atom. The monoisotopic (exact) mass is 460 g/mol. The number of nitrogens with one attached hydrogen (secondary N) is 2. The van der Waals surface area contributed by atoms with Crippen molar-refractivity contribution in [2.75, 3.05) is 26.0 Å². The first-order chi connectivity index (χ1) is 11.0. The van der Waals surface area contributed by atoms with Crippen LogP contribution in [0.3, 0.4) is 0 Å². The third-order valence-electron chi connectivity index (χ3n) is 3.37. The summed E-state index contributed by atoms with van der Waals surface area (Å²) >= 11 is 1.72. The molecule has 132 valence electrons. The summed E-state index contributed by atoms with van der Waals surface area (Å²) < 4.78 is 0. The second kappa shape index (κ2) is 9.77. The van der Waals surface area contributed by atoms with Crippen LogP contribution in [0.2, 0.25) is 0 Å². The molecule has 0 bridgehead atoms. The highest BCUT2D eigenvalue weighted by molar-refractivity contribution is 14.0. The van der Waals surface area contributed by atoms with Crippen molar-refractivity contribution in [3.63, 3.8) is 0 Å². The minimum atomic E-state index is 0. The minimum Gasteiger partial charge on any atom is -0.363 e. The summed E-state index contributed by atoms with van der Waals surface area (Å²) in [5, 5.41) is 7.75. The van der Waals surface area contributed by atoms with E-state index >= 15 is 0 Å². The number of thiazole rings is 1. The van der Waals surface area contributed by atoms with Crippen LogP contribution in [0.25, 0.3) is 0 Å². The average molecular weight is 460 g/mol. The van der Waals surface area contributed by atoms with Gasteiger partial charge in [-0.2, -0.15) is 0 Å². The van der Waals surface area contributed by atoms with Gasteiger partial charge >= 0.3 is 0 Å². The molecular formula is C16H25IN6S. The zero-order chi connectivity index (χ0) is 16.8. The molecule has 6 nitrogen and oxygen atoms in total. The van der Waals surface area contributed by atoms with E-state index < -0.39 is 0 Å². The number of aromatic nitrogens is 2. The predicted molar refractivity (Wildman–Crippen MR) is 113 cm³/mol. The third kappa shape index (κ3) is 5.90. The first kappa shape index (κ1) is 20.6. The Kier molecular flexibility index (Phi) is 8.40. The molecular weight excluding hydrogens is 435 g/mol. The molecule has 24 heavy (non-hydrogen) atoms. The number of aryl methyl sites for hydroxylation is 2. The van der Waals surface area contributed by atoms with Crippen molar-refractivity contribution in [3.8, 4) is 0 Å². The lowest BCUT2D eigenvalue weighted by Gasteiger charge is -2.14. The van der Waals surface area contributed by atoms with Crippen molar-refractivity contribution in [1.82, 2.24) is 20.6 Å². The molecule has 8 heteroatoms. The van der Waals surface area contributed by atoms with Crippen LogP contribution in [0.1, 0.15) is 21.1 Å². The first-order valence-corrected chi connectivity index (χ1v) is 8.31. The molecule has 0 aliphatic carbocycles. The van der Waals surface area contributed by atoms with Gasteiger partial charge < -0.3 is 15.5 Å². The molecule has 0 aliphatic heterocycles. The summed E-state index contributed by atoms with van der Waals surface area (Å²) in [7, 11) is 5.75. The number of hydrogen-bond acceptors (Lipinski definition) is 5. The van der Waals surface area contributed by atoms with E-state index in [1.807, 2.05) is 45.1 Å².